The molecule has 0 unspecified atom stereocenters. The van der Waals surface area contributed by atoms with E-state index in [4.69, 9.17) is 13.9 Å². The molecule has 1 aromatic carbocycles. The number of benzene rings is 1. The van der Waals surface area contributed by atoms with Crippen LogP contribution in [-0.4, -0.2) is 35.9 Å². The zero-order valence-electron chi connectivity index (χ0n) is 14.2. The Morgan fingerprint density at radius 1 is 1.12 bits per heavy atom. The van der Waals surface area contributed by atoms with E-state index >= 15 is 0 Å². The van der Waals surface area contributed by atoms with E-state index in [1.54, 1.807) is 6.20 Å². The predicted molar refractivity (Wildman–Crippen MR) is 89.3 cm³/mol. The molecule has 0 bridgehead atoms. The van der Waals surface area contributed by atoms with Crippen LogP contribution in [0.5, 0.6) is 5.75 Å². The van der Waals surface area contributed by atoms with E-state index < -0.39 is 11.9 Å². The van der Waals surface area contributed by atoms with Crippen LogP contribution in [0.25, 0.3) is 5.69 Å². The van der Waals surface area contributed by atoms with Crippen LogP contribution in [0.2, 0.25) is 0 Å². The lowest BCUT2D eigenvalue weighted by atomic mass is 10.2. The molecule has 8 nitrogen and oxygen atoms in total. The smallest absolute Gasteiger partial charge is 0.374 e. The van der Waals surface area contributed by atoms with Crippen LogP contribution < -0.4 is 4.74 Å². The van der Waals surface area contributed by atoms with Gasteiger partial charge in [-0.15, -0.1) is 0 Å². The van der Waals surface area contributed by atoms with E-state index in [9.17, 15) is 9.59 Å². The van der Waals surface area contributed by atoms with Gasteiger partial charge in [-0.3, -0.25) is 0 Å². The molecule has 0 aliphatic carbocycles. The third-order valence-corrected chi connectivity index (χ3v) is 3.59. The van der Waals surface area contributed by atoms with Crippen molar-refractivity contribution in [3.05, 3.63) is 65.9 Å². The number of hydrogen-bond donors (Lipinski definition) is 0. The molecule has 0 aliphatic rings. The fourth-order valence-electron chi connectivity index (χ4n) is 2.29. The number of carbonyl (C=O) groups excluding carboxylic acids is 2. The van der Waals surface area contributed by atoms with Crippen LogP contribution in [-0.2, 0) is 16.1 Å². The number of esters is 2. The summed E-state index contributed by atoms with van der Waals surface area (Å²) in [5.74, 6) is -1.07. The lowest BCUT2D eigenvalue weighted by molar-refractivity contribution is 0.0444. The van der Waals surface area contributed by atoms with Crippen LogP contribution >= 0.6 is 0 Å². The van der Waals surface area contributed by atoms with Crippen molar-refractivity contribution in [3.63, 3.8) is 0 Å². The van der Waals surface area contributed by atoms with Crippen molar-refractivity contribution in [2.24, 2.45) is 0 Å². The van der Waals surface area contributed by atoms with Crippen molar-refractivity contribution in [1.29, 1.82) is 0 Å². The van der Waals surface area contributed by atoms with Gasteiger partial charge in [0.2, 0.25) is 11.5 Å². The first kappa shape index (κ1) is 17.3. The summed E-state index contributed by atoms with van der Waals surface area (Å²) in [6, 6.07) is 10.8. The average Bonchev–Trinajstić information content (AvgIpc) is 3.33. The molecule has 134 valence electrons. The van der Waals surface area contributed by atoms with Gasteiger partial charge in [0.05, 0.1) is 32.4 Å². The lowest BCUT2D eigenvalue weighted by Gasteiger charge is -2.04. The summed E-state index contributed by atoms with van der Waals surface area (Å²) in [6.45, 7) is -0.166. The monoisotopic (exact) mass is 356 g/mol. The molecule has 26 heavy (non-hydrogen) atoms. The normalized spacial score (nSPS) is 10.4. The summed E-state index contributed by atoms with van der Waals surface area (Å²) in [7, 11) is 2.68. The Balaban J connectivity index is 1.77. The molecule has 0 amide bonds. The first-order valence-corrected chi connectivity index (χ1v) is 7.65. The highest BCUT2D eigenvalue weighted by molar-refractivity contribution is 5.91. The van der Waals surface area contributed by atoms with Gasteiger partial charge >= 0.3 is 11.9 Å². The quantitative estimate of drug-likeness (QED) is 0.627. The summed E-state index contributed by atoms with van der Waals surface area (Å²) < 4.78 is 21.6. The van der Waals surface area contributed by atoms with Crippen molar-refractivity contribution in [2.75, 3.05) is 14.2 Å². The van der Waals surface area contributed by atoms with Gasteiger partial charge in [-0.1, -0.05) is 18.2 Å². The first-order valence-electron chi connectivity index (χ1n) is 7.65. The topological polar surface area (TPSA) is 92.8 Å². The van der Waals surface area contributed by atoms with Gasteiger partial charge in [-0.05, 0) is 18.2 Å². The molecule has 0 spiro atoms. The van der Waals surface area contributed by atoms with Crippen LogP contribution in [0.1, 0.15) is 26.6 Å². The molecule has 3 aromatic rings. The summed E-state index contributed by atoms with van der Waals surface area (Å²) in [4.78, 5) is 24.0. The highest BCUT2D eigenvalue weighted by Crippen LogP contribution is 2.21. The second-order valence-electron chi connectivity index (χ2n) is 5.17. The van der Waals surface area contributed by atoms with Gasteiger partial charge < -0.3 is 18.6 Å². The third-order valence-electron chi connectivity index (χ3n) is 3.59. The number of nitrogens with zero attached hydrogens (tertiary/aromatic N) is 2. The largest absolute Gasteiger partial charge is 0.493 e. The minimum Gasteiger partial charge on any atom is -0.493 e. The number of aromatic nitrogens is 2. The minimum atomic E-state index is -0.687. The second-order valence-corrected chi connectivity index (χ2v) is 5.17. The number of rotatable bonds is 6. The SMILES string of the molecule is COC(=O)c1occc1COC(=O)c1nn(-c2ccccc2)cc1OC. The molecule has 0 saturated carbocycles. The molecule has 0 saturated heterocycles. The molecule has 0 fully saturated rings. The second kappa shape index (κ2) is 7.56. The van der Waals surface area contributed by atoms with Gasteiger partial charge in [0, 0.05) is 5.56 Å². The van der Waals surface area contributed by atoms with Gasteiger partial charge in [0.1, 0.15) is 6.61 Å². The van der Waals surface area contributed by atoms with Crippen molar-refractivity contribution < 1.29 is 28.2 Å². The highest BCUT2D eigenvalue weighted by Gasteiger charge is 2.22. The van der Waals surface area contributed by atoms with E-state index in [1.807, 2.05) is 30.3 Å². The molecular formula is C18H16N2O6. The van der Waals surface area contributed by atoms with E-state index in [2.05, 4.69) is 9.84 Å². The summed E-state index contributed by atoms with van der Waals surface area (Å²) in [5.41, 5.74) is 1.19. The molecular weight excluding hydrogens is 340 g/mol. The standard InChI is InChI=1S/C18H16N2O6/c1-23-14-10-20(13-6-4-3-5-7-13)19-15(14)17(21)26-11-12-8-9-25-16(12)18(22)24-2/h3-10H,11H2,1-2H3. The molecule has 0 radical (unpaired) electrons. The number of hydrogen-bond acceptors (Lipinski definition) is 7. The molecule has 0 atom stereocenters. The first-order chi connectivity index (χ1) is 12.6. The van der Waals surface area contributed by atoms with Crippen LogP contribution in [0.3, 0.4) is 0 Å². The highest BCUT2D eigenvalue weighted by atomic mass is 16.5. The van der Waals surface area contributed by atoms with E-state index in [-0.39, 0.29) is 23.8 Å². The fourth-order valence-corrected chi connectivity index (χ4v) is 2.29. The fraction of sp³-hybridized carbons (Fsp3) is 0.167. The Morgan fingerprint density at radius 3 is 2.58 bits per heavy atom. The van der Waals surface area contributed by atoms with Gasteiger partial charge in [-0.2, -0.15) is 5.10 Å². The average molecular weight is 356 g/mol. The van der Waals surface area contributed by atoms with Crippen molar-refractivity contribution in [3.8, 4) is 11.4 Å². The van der Waals surface area contributed by atoms with E-state index in [0.29, 0.717) is 5.56 Å². The third kappa shape index (κ3) is 3.44. The summed E-state index contributed by atoms with van der Waals surface area (Å²) in [5, 5.41) is 4.23. The van der Waals surface area contributed by atoms with Crippen LogP contribution in [0.4, 0.5) is 0 Å². The Hall–Kier alpha value is -3.55. The maximum atomic E-state index is 12.4. The maximum Gasteiger partial charge on any atom is 0.374 e. The molecule has 0 aliphatic heterocycles. The van der Waals surface area contributed by atoms with E-state index in [0.717, 1.165) is 5.69 Å². The zero-order chi connectivity index (χ0) is 18.5. The molecule has 3 rings (SSSR count). The number of ether oxygens (including phenoxy) is 3. The number of carbonyl (C=O) groups is 2. The number of para-hydroxylation sites is 1. The summed E-state index contributed by atoms with van der Waals surface area (Å²) in [6.07, 6.45) is 2.91. The number of furan rings is 1. The van der Waals surface area contributed by atoms with Crippen molar-refractivity contribution in [2.45, 2.75) is 6.61 Å². The van der Waals surface area contributed by atoms with Crippen LogP contribution in [0.15, 0.2) is 53.3 Å². The van der Waals surface area contributed by atoms with Crippen LogP contribution in [0, 0.1) is 0 Å². The van der Waals surface area contributed by atoms with Crippen molar-refractivity contribution >= 4 is 11.9 Å². The molecule has 2 aromatic heterocycles. The van der Waals surface area contributed by atoms with Crippen molar-refractivity contribution in [1.82, 2.24) is 9.78 Å². The molecule has 2 heterocycles. The van der Waals surface area contributed by atoms with Gasteiger partial charge in [0.25, 0.3) is 0 Å². The Kier molecular flexibility index (Phi) is 5.02. The Bertz CT molecular complexity index is 913. The zero-order valence-corrected chi connectivity index (χ0v) is 14.2. The Labute approximate surface area is 148 Å². The minimum absolute atomic E-state index is 0.0120. The molecule has 0 N–H and O–H groups in total. The number of methoxy groups -OCH3 is 2. The molecule has 8 heteroatoms. The summed E-state index contributed by atoms with van der Waals surface area (Å²) >= 11 is 0. The maximum absolute atomic E-state index is 12.4. The Morgan fingerprint density at radius 2 is 1.88 bits per heavy atom. The lowest BCUT2D eigenvalue weighted by Crippen LogP contribution is -2.10. The predicted octanol–water partition coefficient (Wildman–Crippen LogP) is 2.62. The van der Waals surface area contributed by atoms with Gasteiger partial charge in [0.15, 0.2) is 5.75 Å². The van der Waals surface area contributed by atoms with E-state index in [1.165, 1.54) is 31.2 Å². The van der Waals surface area contributed by atoms with Gasteiger partial charge in [-0.25, -0.2) is 14.3 Å².